The Balaban J connectivity index is 1.53. The molecule has 1 saturated heterocycles. The minimum Gasteiger partial charge on any atom is -0.508 e. The van der Waals surface area contributed by atoms with Gasteiger partial charge in [0.25, 0.3) is 0 Å². The van der Waals surface area contributed by atoms with Crippen molar-refractivity contribution in [2.75, 3.05) is 131 Å². The molecule has 344 valence electrons. The van der Waals surface area contributed by atoms with Crippen LogP contribution in [0.4, 0.5) is 0 Å². The van der Waals surface area contributed by atoms with E-state index in [0.29, 0.717) is 110 Å². The fourth-order valence-electron chi connectivity index (χ4n) is 6.06. The molecule has 0 aliphatic carbocycles. The smallest absolute Gasteiger partial charge is 0.317 e. The Bertz CT molecular complexity index is 1470. The lowest BCUT2D eigenvalue weighted by atomic mass is 10.0. The summed E-state index contributed by atoms with van der Waals surface area (Å²) in [6.07, 6.45) is 1.10. The summed E-state index contributed by atoms with van der Waals surface area (Å²) in [5, 5.41) is 45.6. The summed E-state index contributed by atoms with van der Waals surface area (Å²) in [4.78, 5) is 90.2. The zero-order valence-electron chi connectivity index (χ0n) is 34.8. The van der Waals surface area contributed by atoms with Crippen LogP contribution in [0.1, 0.15) is 31.2 Å². The molecular formula is C39H64N8O14. The highest BCUT2D eigenvalue weighted by Crippen LogP contribution is 2.11. The Morgan fingerprint density at radius 3 is 1.34 bits per heavy atom. The van der Waals surface area contributed by atoms with Crippen molar-refractivity contribution < 1.29 is 68.2 Å². The molecule has 0 spiro atoms. The molecule has 1 aromatic carbocycles. The minimum atomic E-state index is -1.03. The predicted octanol–water partition coefficient (Wildman–Crippen LogP) is -2.78. The normalized spacial score (nSPS) is 15.5. The number of carbonyl (C=O) groups excluding carboxylic acids is 4. The number of phenols is 1. The van der Waals surface area contributed by atoms with Gasteiger partial charge in [-0.1, -0.05) is 12.1 Å². The molecule has 1 fully saturated rings. The van der Waals surface area contributed by atoms with Gasteiger partial charge in [0.15, 0.2) is 0 Å². The molecule has 1 aliphatic heterocycles. The fraction of sp³-hybridized carbons (Fsp3) is 0.667. The summed E-state index contributed by atoms with van der Waals surface area (Å²) in [5.41, 5.74) is 6.11. The first-order valence-corrected chi connectivity index (χ1v) is 20.4. The molecule has 1 atom stereocenters. The molecule has 61 heavy (non-hydrogen) atoms. The molecule has 0 unspecified atom stereocenters. The Morgan fingerprint density at radius 2 is 0.934 bits per heavy atom. The van der Waals surface area contributed by atoms with Gasteiger partial charge in [-0.25, -0.2) is 0 Å². The summed E-state index contributed by atoms with van der Waals surface area (Å²) < 4.78 is 16.6. The molecule has 1 aromatic rings. The van der Waals surface area contributed by atoms with Crippen LogP contribution < -0.4 is 21.7 Å². The first-order valence-electron chi connectivity index (χ1n) is 20.4. The molecular weight excluding hydrogens is 804 g/mol. The lowest BCUT2D eigenvalue weighted by Crippen LogP contribution is -2.49. The summed E-state index contributed by atoms with van der Waals surface area (Å²) in [5.74, 6) is -4.73. The number of nitrogens with zero attached hydrogens (tertiary/aromatic N) is 4. The molecule has 2 rings (SSSR count). The van der Waals surface area contributed by atoms with E-state index in [-0.39, 0.29) is 76.1 Å². The Hall–Kier alpha value is -4.97. The molecule has 0 saturated carbocycles. The van der Waals surface area contributed by atoms with Gasteiger partial charge in [0.1, 0.15) is 11.8 Å². The zero-order valence-corrected chi connectivity index (χ0v) is 34.8. The number of primary amides is 1. The van der Waals surface area contributed by atoms with Gasteiger partial charge in [-0.2, -0.15) is 0 Å². The van der Waals surface area contributed by atoms with E-state index >= 15 is 0 Å². The van der Waals surface area contributed by atoms with Crippen molar-refractivity contribution in [3.8, 4) is 5.75 Å². The maximum absolute atomic E-state index is 12.8. The van der Waals surface area contributed by atoms with Crippen LogP contribution in [0.2, 0.25) is 0 Å². The van der Waals surface area contributed by atoms with Crippen molar-refractivity contribution in [2.45, 2.75) is 38.1 Å². The molecule has 22 nitrogen and oxygen atoms in total. The van der Waals surface area contributed by atoms with E-state index in [1.165, 1.54) is 12.1 Å². The number of carboxylic acids is 3. The number of phenolic OH excluding ortho intramolecular Hbond substituents is 1. The van der Waals surface area contributed by atoms with Crippen molar-refractivity contribution in [1.82, 2.24) is 35.6 Å². The quantitative estimate of drug-likeness (QED) is 0.0378. The highest BCUT2D eigenvalue weighted by molar-refractivity contribution is 5.88. The van der Waals surface area contributed by atoms with Crippen molar-refractivity contribution >= 4 is 41.5 Å². The number of aromatic hydroxyl groups is 1. The van der Waals surface area contributed by atoms with Crippen LogP contribution in [0.25, 0.3) is 0 Å². The van der Waals surface area contributed by atoms with E-state index in [9.17, 15) is 54.0 Å². The van der Waals surface area contributed by atoms with Crippen LogP contribution in [-0.2, 0) is 54.2 Å². The average molecular weight is 869 g/mol. The number of rotatable bonds is 29. The molecule has 1 heterocycles. The van der Waals surface area contributed by atoms with Gasteiger partial charge in [0, 0.05) is 97.9 Å². The summed E-state index contributed by atoms with van der Waals surface area (Å²) in [6.45, 7) is 4.72. The summed E-state index contributed by atoms with van der Waals surface area (Å²) >= 11 is 0. The van der Waals surface area contributed by atoms with E-state index in [1.807, 2.05) is 4.90 Å². The number of ether oxygens (including phenoxy) is 3. The van der Waals surface area contributed by atoms with E-state index < -0.39 is 35.8 Å². The number of hydrogen-bond donors (Lipinski definition) is 8. The van der Waals surface area contributed by atoms with Crippen molar-refractivity contribution in [1.29, 1.82) is 0 Å². The van der Waals surface area contributed by atoms with Crippen LogP contribution in [0.3, 0.4) is 0 Å². The molecule has 4 amide bonds. The van der Waals surface area contributed by atoms with E-state index in [4.69, 9.17) is 19.9 Å². The second-order valence-corrected chi connectivity index (χ2v) is 14.4. The topological polar surface area (TPSA) is 303 Å². The van der Waals surface area contributed by atoms with Gasteiger partial charge in [0.05, 0.1) is 52.6 Å². The summed E-state index contributed by atoms with van der Waals surface area (Å²) in [6, 6.07) is 5.23. The third kappa shape index (κ3) is 26.8. The van der Waals surface area contributed by atoms with Crippen LogP contribution in [0.15, 0.2) is 24.3 Å². The first-order chi connectivity index (χ1) is 29.2. The molecule has 0 bridgehead atoms. The second kappa shape index (κ2) is 31.0. The third-order valence-electron chi connectivity index (χ3n) is 9.33. The van der Waals surface area contributed by atoms with Gasteiger partial charge in [-0.3, -0.25) is 53.2 Å². The number of amides is 4. The molecule has 22 heteroatoms. The number of hydrogen-bond acceptors (Lipinski definition) is 15. The van der Waals surface area contributed by atoms with Crippen molar-refractivity contribution in [2.24, 2.45) is 5.73 Å². The van der Waals surface area contributed by atoms with Gasteiger partial charge < -0.3 is 56.3 Å². The lowest BCUT2D eigenvalue weighted by molar-refractivity contribution is -0.140. The van der Waals surface area contributed by atoms with Gasteiger partial charge in [-0.15, -0.1) is 0 Å². The maximum Gasteiger partial charge on any atom is 0.317 e. The molecule has 1 aliphatic rings. The average Bonchev–Trinajstić information content (AvgIpc) is 3.19. The molecule has 0 radical (unpaired) electrons. The Labute approximate surface area is 355 Å². The van der Waals surface area contributed by atoms with Crippen LogP contribution >= 0.6 is 0 Å². The number of nitrogens with one attached hydrogen (secondary N) is 3. The van der Waals surface area contributed by atoms with Crippen LogP contribution in [-0.4, -0.2) is 219 Å². The molecule has 0 aromatic heterocycles. The van der Waals surface area contributed by atoms with Crippen LogP contribution in [0.5, 0.6) is 5.75 Å². The van der Waals surface area contributed by atoms with Crippen molar-refractivity contribution in [3.05, 3.63) is 29.8 Å². The first kappa shape index (κ1) is 52.2. The Kier molecular flexibility index (Phi) is 26.5. The lowest BCUT2D eigenvalue weighted by Gasteiger charge is -2.32. The van der Waals surface area contributed by atoms with E-state index in [1.54, 1.807) is 26.8 Å². The fourth-order valence-corrected chi connectivity index (χ4v) is 6.06. The Morgan fingerprint density at radius 1 is 0.557 bits per heavy atom. The number of carboxylic acid groups (broad SMARTS) is 3. The highest BCUT2D eigenvalue weighted by atomic mass is 16.5. The monoisotopic (exact) mass is 868 g/mol. The second-order valence-electron chi connectivity index (χ2n) is 14.4. The SMILES string of the molecule is NC(=O)[C@H](Cc1ccc(O)cc1)NC(=O)CCC(=O)NCCCOCCOCCOCCCNC(=O)CN1CCN(CC(=O)O)CCN(CC(=O)O)CCN(CC(=O)O)CC1. The summed E-state index contributed by atoms with van der Waals surface area (Å²) in [7, 11) is 0. The number of nitrogens with two attached hydrogens (primary N) is 1. The highest BCUT2D eigenvalue weighted by Gasteiger charge is 2.22. The van der Waals surface area contributed by atoms with Crippen LogP contribution in [0, 0.1) is 0 Å². The zero-order chi connectivity index (χ0) is 44.8. The number of carbonyl (C=O) groups is 7. The van der Waals surface area contributed by atoms with E-state index in [0.717, 1.165) is 0 Å². The minimum absolute atomic E-state index is 0.0326. The third-order valence-corrected chi connectivity index (χ3v) is 9.33. The largest absolute Gasteiger partial charge is 0.508 e. The van der Waals surface area contributed by atoms with Gasteiger partial charge >= 0.3 is 17.9 Å². The standard InChI is InChI=1S/C39H64N8O14/c40-39(58)32(25-30-3-5-31(48)6-4-30)43-34(50)8-7-33(49)41-9-1-19-59-21-23-61-24-22-60-20-2-10-42-35(51)26-44-11-13-45(27-36(52)53)15-17-47(29-38(56)57)18-16-46(14-12-44)28-37(54)55/h3-6,32,48H,1-2,7-29H2,(H2,40,58)(H,41,49)(H,42,51)(H,43,50)(H,52,53)(H,54,55)(H,56,57)/t32-/m0/s1. The van der Waals surface area contributed by atoms with E-state index in [2.05, 4.69) is 16.0 Å². The van der Waals surface area contributed by atoms with Crippen molar-refractivity contribution in [3.63, 3.8) is 0 Å². The number of benzene rings is 1. The molecule has 9 N–H and O–H groups in total. The van der Waals surface area contributed by atoms with Gasteiger partial charge in [0.2, 0.25) is 23.6 Å². The number of aliphatic carboxylic acids is 3. The predicted molar refractivity (Wildman–Crippen MR) is 219 cm³/mol. The maximum atomic E-state index is 12.8. The van der Waals surface area contributed by atoms with Gasteiger partial charge in [-0.05, 0) is 30.5 Å².